The number of hydrogen-bond acceptors (Lipinski definition) is 8. The first kappa shape index (κ1) is 27.0. The lowest BCUT2D eigenvalue weighted by atomic mass is 9.93. The summed E-state index contributed by atoms with van der Waals surface area (Å²) in [6.45, 7) is 15.1. The van der Waals surface area contributed by atoms with Gasteiger partial charge in [-0.25, -0.2) is 4.79 Å². The zero-order valence-electron chi connectivity index (χ0n) is 21.2. The number of nitrogens with zero attached hydrogens (tertiary/aromatic N) is 2. The highest BCUT2D eigenvalue weighted by atomic mass is 16.7. The van der Waals surface area contributed by atoms with Gasteiger partial charge < -0.3 is 28.9 Å². The standard InChI is InChI=1S/C24H40N2O7/c1-9-17(2)30-16-29-12-10-11-18-13-24(33-25-18)14-19(20(27)31-22(3,4)5)26(15-24)21(28)32-23(6,7)8/h9-10,12,19-20,27H,11,13-16H2,1-8H3/b12-10+,17-9+/t19?,20?,24-/m1/s1. The van der Waals surface area contributed by atoms with Crippen molar-refractivity contribution in [3.63, 3.8) is 0 Å². The first-order chi connectivity index (χ1) is 15.2. The lowest BCUT2D eigenvalue weighted by Gasteiger charge is -2.33. The molecule has 2 unspecified atom stereocenters. The third-order valence-electron chi connectivity index (χ3n) is 5.07. The van der Waals surface area contributed by atoms with Crippen LogP contribution in [0.2, 0.25) is 0 Å². The Morgan fingerprint density at radius 2 is 2.00 bits per heavy atom. The number of carbonyl (C=O) groups excluding carboxylic acids is 1. The maximum atomic E-state index is 12.9. The second kappa shape index (κ2) is 10.8. The Balaban J connectivity index is 2.00. The smallest absolute Gasteiger partial charge is 0.410 e. The predicted molar refractivity (Wildman–Crippen MR) is 124 cm³/mol. The quantitative estimate of drug-likeness (QED) is 0.319. The Morgan fingerprint density at radius 3 is 2.61 bits per heavy atom. The minimum atomic E-state index is -1.18. The first-order valence-corrected chi connectivity index (χ1v) is 11.4. The average Bonchev–Trinajstić information content (AvgIpc) is 3.25. The molecule has 0 bridgehead atoms. The molecule has 1 fully saturated rings. The van der Waals surface area contributed by atoms with E-state index in [2.05, 4.69) is 5.16 Å². The van der Waals surface area contributed by atoms with Crippen LogP contribution in [-0.4, -0.2) is 64.3 Å². The van der Waals surface area contributed by atoms with Crippen molar-refractivity contribution in [2.24, 2.45) is 5.16 Å². The van der Waals surface area contributed by atoms with E-state index in [0.29, 0.717) is 19.3 Å². The normalized spacial score (nSPS) is 24.8. The number of aliphatic hydroxyl groups excluding tert-OH is 1. The Bertz CT molecular complexity index is 764. The molecule has 1 amide bonds. The predicted octanol–water partition coefficient (Wildman–Crippen LogP) is 4.46. The van der Waals surface area contributed by atoms with Crippen LogP contribution in [0.25, 0.3) is 0 Å². The Hall–Kier alpha value is -2.26. The molecule has 0 aromatic heterocycles. The molecule has 3 atom stereocenters. The molecule has 9 heteroatoms. The molecule has 1 spiro atoms. The van der Waals surface area contributed by atoms with Gasteiger partial charge in [0.15, 0.2) is 11.9 Å². The van der Waals surface area contributed by atoms with Gasteiger partial charge in [-0.15, -0.1) is 0 Å². The second-order valence-electron chi connectivity index (χ2n) is 10.5. The van der Waals surface area contributed by atoms with Gasteiger partial charge in [0.2, 0.25) is 6.79 Å². The van der Waals surface area contributed by atoms with Crippen molar-refractivity contribution in [1.29, 1.82) is 0 Å². The number of rotatable bonds is 8. The van der Waals surface area contributed by atoms with Crippen molar-refractivity contribution in [2.75, 3.05) is 13.3 Å². The van der Waals surface area contributed by atoms with Crippen molar-refractivity contribution in [3.05, 3.63) is 24.2 Å². The van der Waals surface area contributed by atoms with Gasteiger partial charge in [-0.1, -0.05) is 5.16 Å². The monoisotopic (exact) mass is 468 g/mol. The van der Waals surface area contributed by atoms with Crippen LogP contribution in [0, 0.1) is 0 Å². The number of aliphatic hydroxyl groups is 1. The molecule has 2 heterocycles. The van der Waals surface area contributed by atoms with E-state index in [0.717, 1.165) is 11.5 Å². The van der Waals surface area contributed by atoms with Crippen LogP contribution < -0.4 is 0 Å². The van der Waals surface area contributed by atoms with Gasteiger partial charge in [-0.3, -0.25) is 4.90 Å². The van der Waals surface area contributed by atoms with Crippen molar-refractivity contribution in [3.8, 4) is 0 Å². The number of likely N-dealkylation sites (tertiary alicyclic amines) is 1. The number of allylic oxidation sites excluding steroid dienone is 3. The highest BCUT2D eigenvalue weighted by Gasteiger charge is 2.54. The molecule has 1 N–H and O–H groups in total. The second-order valence-corrected chi connectivity index (χ2v) is 10.5. The lowest BCUT2D eigenvalue weighted by molar-refractivity contribution is -0.191. The largest absolute Gasteiger partial charge is 0.465 e. The molecule has 0 saturated carbocycles. The van der Waals surface area contributed by atoms with Crippen LogP contribution in [0.5, 0.6) is 0 Å². The van der Waals surface area contributed by atoms with Crippen LogP contribution >= 0.6 is 0 Å². The number of oxime groups is 1. The maximum Gasteiger partial charge on any atom is 0.410 e. The van der Waals surface area contributed by atoms with Crippen molar-refractivity contribution >= 4 is 11.8 Å². The van der Waals surface area contributed by atoms with Gasteiger partial charge in [0.05, 0.1) is 35.9 Å². The summed E-state index contributed by atoms with van der Waals surface area (Å²) in [5.74, 6) is 0.793. The molecule has 0 aromatic rings. The van der Waals surface area contributed by atoms with E-state index in [4.69, 9.17) is 23.8 Å². The lowest BCUT2D eigenvalue weighted by Crippen LogP contribution is -2.47. The van der Waals surface area contributed by atoms with E-state index in [9.17, 15) is 9.90 Å². The highest BCUT2D eigenvalue weighted by Crippen LogP contribution is 2.40. The van der Waals surface area contributed by atoms with E-state index >= 15 is 0 Å². The fourth-order valence-electron chi connectivity index (χ4n) is 3.60. The minimum absolute atomic E-state index is 0.137. The summed E-state index contributed by atoms with van der Waals surface area (Å²) in [4.78, 5) is 20.2. The van der Waals surface area contributed by atoms with Crippen molar-refractivity contribution < 1.29 is 33.7 Å². The third-order valence-corrected chi connectivity index (χ3v) is 5.07. The van der Waals surface area contributed by atoms with Crippen LogP contribution in [0.3, 0.4) is 0 Å². The van der Waals surface area contributed by atoms with E-state index in [1.165, 1.54) is 4.90 Å². The average molecular weight is 469 g/mol. The maximum absolute atomic E-state index is 12.9. The summed E-state index contributed by atoms with van der Waals surface area (Å²) in [5.41, 5.74) is -1.13. The van der Waals surface area contributed by atoms with Crippen LogP contribution in [0.15, 0.2) is 29.3 Å². The Kier molecular flexibility index (Phi) is 8.81. The number of hydrogen-bond donors (Lipinski definition) is 1. The first-order valence-electron chi connectivity index (χ1n) is 11.4. The fraction of sp³-hybridized carbons (Fsp3) is 0.750. The summed E-state index contributed by atoms with van der Waals surface area (Å²) in [7, 11) is 0. The molecule has 0 aromatic carbocycles. The summed E-state index contributed by atoms with van der Waals surface area (Å²) < 4.78 is 22.0. The highest BCUT2D eigenvalue weighted by molar-refractivity contribution is 5.87. The van der Waals surface area contributed by atoms with Gasteiger partial charge in [-0.05, 0) is 67.5 Å². The molecule has 9 nitrogen and oxygen atoms in total. The van der Waals surface area contributed by atoms with E-state index < -0.39 is 35.2 Å². The van der Waals surface area contributed by atoms with E-state index in [1.54, 1.807) is 27.0 Å². The fourth-order valence-corrected chi connectivity index (χ4v) is 3.60. The summed E-state index contributed by atoms with van der Waals surface area (Å²) in [5, 5.41) is 15.0. The van der Waals surface area contributed by atoms with Gasteiger partial charge >= 0.3 is 6.09 Å². The minimum Gasteiger partial charge on any atom is -0.465 e. The molecule has 1 saturated heterocycles. The molecule has 33 heavy (non-hydrogen) atoms. The molecule has 2 rings (SSSR count). The SMILES string of the molecule is C/C=C(\C)OCO/C=C/CC1=NO[C@]2(C1)CC(C(O)OC(C)(C)C)N(C(=O)OC(C)(C)C)C2. The van der Waals surface area contributed by atoms with Crippen molar-refractivity contribution in [2.45, 2.75) is 104 Å². The molecule has 0 aliphatic carbocycles. The Morgan fingerprint density at radius 1 is 1.30 bits per heavy atom. The van der Waals surface area contributed by atoms with Crippen LogP contribution in [0.4, 0.5) is 4.79 Å². The summed E-state index contributed by atoms with van der Waals surface area (Å²) in [6, 6.07) is -0.612. The third kappa shape index (κ3) is 8.55. The molecule has 188 valence electrons. The van der Waals surface area contributed by atoms with E-state index in [1.807, 2.05) is 46.8 Å². The molecular weight excluding hydrogens is 428 g/mol. The summed E-state index contributed by atoms with van der Waals surface area (Å²) >= 11 is 0. The number of amides is 1. The molecule has 0 radical (unpaired) electrons. The number of carbonyl (C=O) groups is 1. The summed E-state index contributed by atoms with van der Waals surface area (Å²) in [6.07, 6.45) is 5.03. The van der Waals surface area contributed by atoms with Crippen LogP contribution in [0.1, 0.15) is 74.7 Å². The molecule has 2 aliphatic rings. The zero-order valence-corrected chi connectivity index (χ0v) is 21.2. The van der Waals surface area contributed by atoms with Crippen LogP contribution in [-0.2, 0) is 23.8 Å². The zero-order chi connectivity index (χ0) is 24.9. The van der Waals surface area contributed by atoms with Gasteiger partial charge in [0.25, 0.3) is 0 Å². The number of ether oxygens (including phenoxy) is 4. The van der Waals surface area contributed by atoms with E-state index in [-0.39, 0.29) is 13.3 Å². The van der Waals surface area contributed by atoms with Gasteiger partial charge in [0.1, 0.15) is 5.60 Å². The van der Waals surface area contributed by atoms with Gasteiger partial charge in [0, 0.05) is 19.3 Å². The molecule has 2 aliphatic heterocycles. The topological polar surface area (TPSA) is 99.0 Å². The van der Waals surface area contributed by atoms with Crippen molar-refractivity contribution in [1.82, 2.24) is 4.90 Å². The Labute approximate surface area is 197 Å². The van der Waals surface area contributed by atoms with Gasteiger partial charge in [-0.2, -0.15) is 0 Å². The molecular formula is C24H40N2O7.